The first kappa shape index (κ1) is 14.7. The minimum atomic E-state index is 0.0961. The number of nitrogens with zero attached hydrogens (tertiary/aromatic N) is 1. The molecular formula is C15H17BrN2O2. The lowest BCUT2D eigenvalue weighted by molar-refractivity contribution is 0.390. The lowest BCUT2D eigenvalue weighted by Gasteiger charge is -2.19. The van der Waals surface area contributed by atoms with Gasteiger partial charge in [-0.3, -0.25) is 0 Å². The molecule has 1 atom stereocenters. The van der Waals surface area contributed by atoms with Gasteiger partial charge in [0.2, 0.25) is 0 Å². The smallest absolute Gasteiger partial charge is 0.127 e. The maximum atomic E-state index is 5.42. The number of nitrogens with one attached hydrogen (secondary N) is 1. The van der Waals surface area contributed by atoms with Gasteiger partial charge in [0.05, 0.1) is 32.1 Å². The Labute approximate surface area is 127 Å². The number of rotatable bonds is 5. The zero-order chi connectivity index (χ0) is 14.5. The molecule has 0 spiro atoms. The van der Waals surface area contributed by atoms with E-state index in [4.69, 9.17) is 9.47 Å². The van der Waals surface area contributed by atoms with Crippen LogP contribution in [0.5, 0.6) is 11.5 Å². The molecule has 4 nitrogen and oxygen atoms in total. The number of aromatic nitrogens is 1. The maximum Gasteiger partial charge on any atom is 0.127 e. The first-order valence-corrected chi connectivity index (χ1v) is 7.03. The second-order valence-corrected chi connectivity index (χ2v) is 5.16. The van der Waals surface area contributed by atoms with Crippen LogP contribution in [0.15, 0.2) is 41.1 Å². The molecule has 106 valence electrons. The van der Waals surface area contributed by atoms with Gasteiger partial charge in [-0.1, -0.05) is 0 Å². The van der Waals surface area contributed by atoms with E-state index in [1.165, 1.54) is 0 Å². The third-order valence-electron chi connectivity index (χ3n) is 3.02. The largest absolute Gasteiger partial charge is 0.497 e. The Hall–Kier alpha value is -1.75. The van der Waals surface area contributed by atoms with E-state index >= 15 is 0 Å². The van der Waals surface area contributed by atoms with Crippen LogP contribution in [0.4, 0.5) is 5.69 Å². The predicted molar refractivity (Wildman–Crippen MR) is 83.5 cm³/mol. The summed E-state index contributed by atoms with van der Waals surface area (Å²) >= 11 is 3.32. The maximum absolute atomic E-state index is 5.42. The molecule has 2 aromatic rings. The topological polar surface area (TPSA) is 43.4 Å². The minimum absolute atomic E-state index is 0.0961. The molecule has 0 aliphatic carbocycles. The SMILES string of the molecule is COc1ccc(C(C)Nc2ccc(Br)nc2)c(OC)c1. The molecule has 1 N–H and O–H groups in total. The summed E-state index contributed by atoms with van der Waals surface area (Å²) in [5.41, 5.74) is 2.02. The normalized spacial score (nSPS) is 11.8. The summed E-state index contributed by atoms with van der Waals surface area (Å²) in [5, 5.41) is 3.39. The van der Waals surface area contributed by atoms with Crippen molar-refractivity contribution in [3.63, 3.8) is 0 Å². The van der Waals surface area contributed by atoms with Crippen molar-refractivity contribution in [3.05, 3.63) is 46.7 Å². The number of hydrogen-bond donors (Lipinski definition) is 1. The van der Waals surface area contributed by atoms with Crippen molar-refractivity contribution >= 4 is 21.6 Å². The van der Waals surface area contributed by atoms with Crippen LogP contribution in [-0.2, 0) is 0 Å². The van der Waals surface area contributed by atoms with Crippen molar-refractivity contribution in [1.29, 1.82) is 0 Å². The molecule has 20 heavy (non-hydrogen) atoms. The average molecular weight is 337 g/mol. The molecule has 1 aromatic heterocycles. The summed E-state index contributed by atoms with van der Waals surface area (Å²) in [6, 6.07) is 9.79. The summed E-state index contributed by atoms with van der Waals surface area (Å²) in [6.45, 7) is 2.08. The Balaban J connectivity index is 2.20. The van der Waals surface area contributed by atoms with Gasteiger partial charge in [-0.15, -0.1) is 0 Å². The van der Waals surface area contributed by atoms with Gasteiger partial charge in [-0.25, -0.2) is 4.98 Å². The Morgan fingerprint density at radius 2 is 1.95 bits per heavy atom. The monoisotopic (exact) mass is 336 g/mol. The van der Waals surface area contributed by atoms with E-state index in [0.717, 1.165) is 27.4 Å². The van der Waals surface area contributed by atoms with E-state index in [1.807, 2.05) is 30.3 Å². The number of pyridine rings is 1. The molecule has 2 rings (SSSR count). The van der Waals surface area contributed by atoms with Gasteiger partial charge in [-0.05, 0) is 47.1 Å². The van der Waals surface area contributed by atoms with Gasteiger partial charge >= 0.3 is 0 Å². The zero-order valence-electron chi connectivity index (χ0n) is 11.7. The molecule has 0 amide bonds. The molecule has 1 aromatic carbocycles. The second kappa shape index (κ2) is 6.61. The van der Waals surface area contributed by atoms with Crippen LogP contribution in [0.3, 0.4) is 0 Å². The molecule has 0 saturated heterocycles. The van der Waals surface area contributed by atoms with Gasteiger partial charge in [-0.2, -0.15) is 0 Å². The summed E-state index contributed by atoms with van der Waals surface area (Å²) in [6.07, 6.45) is 1.79. The number of ether oxygens (including phenoxy) is 2. The molecule has 0 radical (unpaired) electrons. The molecule has 5 heteroatoms. The lowest BCUT2D eigenvalue weighted by Crippen LogP contribution is -2.08. The summed E-state index contributed by atoms with van der Waals surface area (Å²) in [4.78, 5) is 4.20. The van der Waals surface area contributed by atoms with Crippen LogP contribution in [0.25, 0.3) is 0 Å². The van der Waals surface area contributed by atoms with Gasteiger partial charge < -0.3 is 14.8 Å². The highest BCUT2D eigenvalue weighted by atomic mass is 79.9. The number of hydrogen-bond acceptors (Lipinski definition) is 4. The second-order valence-electron chi connectivity index (χ2n) is 4.34. The van der Waals surface area contributed by atoms with Gasteiger partial charge in [0.15, 0.2) is 0 Å². The third kappa shape index (κ3) is 3.42. The average Bonchev–Trinajstić information content (AvgIpc) is 2.48. The highest BCUT2D eigenvalue weighted by Gasteiger charge is 2.12. The van der Waals surface area contributed by atoms with Crippen LogP contribution >= 0.6 is 15.9 Å². The van der Waals surface area contributed by atoms with Gasteiger partial charge in [0.25, 0.3) is 0 Å². The predicted octanol–water partition coefficient (Wildman–Crippen LogP) is 4.03. The van der Waals surface area contributed by atoms with E-state index in [1.54, 1.807) is 20.4 Å². The Kier molecular flexibility index (Phi) is 4.84. The highest BCUT2D eigenvalue weighted by Crippen LogP contribution is 2.31. The molecule has 0 aliphatic rings. The summed E-state index contributed by atoms with van der Waals surface area (Å²) in [5.74, 6) is 1.58. The van der Waals surface area contributed by atoms with Crippen molar-refractivity contribution in [1.82, 2.24) is 4.98 Å². The fourth-order valence-corrected chi connectivity index (χ4v) is 2.20. The lowest BCUT2D eigenvalue weighted by atomic mass is 10.1. The van der Waals surface area contributed by atoms with Crippen molar-refractivity contribution in [3.8, 4) is 11.5 Å². The van der Waals surface area contributed by atoms with Crippen LogP contribution in [0.1, 0.15) is 18.5 Å². The molecular weight excluding hydrogens is 320 g/mol. The number of halogens is 1. The molecule has 0 aliphatic heterocycles. The van der Waals surface area contributed by atoms with E-state index in [0.29, 0.717) is 0 Å². The highest BCUT2D eigenvalue weighted by molar-refractivity contribution is 9.10. The van der Waals surface area contributed by atoms with Crippen LogP contribution in [-0.4, -0.2) is 19.2 Å². The van der Waals surface area contributed by atoms with Crippen LogP contribution in [0, 0.1) is 0 Å². The first-order valence-electron chi connectivity index (χ1n) is 6.24. The standard InChI is InChI=1S/C15H17BrN2O2/c1-10(18-11-4-7-15(16)17-9-11)13-6-5-12(19-2)8-14(13)20-3/h4-10,18H,1-3H3. The van der Waals surface area contributed by atoms with E-state index in [-0.39, 0.29) is 6.04 Å². The van der Waals surface area contributed by atoms with Crippen molar-refractivity contribution in [2.45, 2.75) is 13.0 Å². The minimum Gasteiger partial charge on any atom is -0.497 e. The van der Waals surface area contributed by atoms with Gasteiger partial charge in [0, 0.05) is 11.6 Å². The number of methoxy groups -OCH3 is 2. The van der Waals surface area contributed by atoms with Crippen LogP contribution < -0.4 is 14.8 Å². The summed E-state index contributed by atoms with van der Waals surface area (Å²) < 4.78 is 11.4. The van der Waals surface area contributed by atoms with Crippen molar-refractivity contribution in [2.75, 3.05) is 19.5 Å². The fourth-order valence-electron chi connectivity index (χ4n) is 1.97. The number of anilines is 1. The first-order chi connectivity index (χ1) is 9.63. The zero-order valence-corrected chi connectivity index (χ0v) is 13.3. The molecule has 1 unspecified atom stereocenters. The number of benzene rings is 1. The molecule has 0 fully saturated rings. The van der Waals surface area contributed by atoms with Crippen LogP contribution in [0.2, 0.25) is 0 Å². The Morgan fingerprint density at radius 1 is 1.15 bits per heavy atom. The fraction of sp³-hybridized carbons (Fsp3) is 0.267. The molecule has 1 heterocycles. The quantitative estimate of drug-likeness (QED) is 0.837. The van der Waals surface area contributed by atoms with Crippen molar-refractivity contribution in [2.24, 2.45) is 0 Å². The van der Waals surface area contributed by atoms with E-state index in [2.05, 4.69) is 33.2 Å². The Bertz CT molecular complexity index is 573. The van der Waals surface area contributed by atoms with Crippen molar-refractivity contribution < 1.29 is 9.47 Å². The third-order valence-corrected chi connectivity index (χ3v) is 3.49. The molecule has 0 saturated carbocycles. The molecule has 0 bridgehead atoms. The summed E-state index contributed by atoms with van der Waals surface area (Å²) in [7, 11) is 3.30. The van der Waals surface area contributed by atoms with E-state index in [9.17, 15) is 0 Å². The Morgan fingerprint density at radius 3 is 2.55 bits per heavy atom. The van der Waals surface area contributed by atoms with E-state index < -0.39 is 0 Å². The van der Waals surface area contributed by atoms with Gasteiger partial charge in [0.1, 0.15) is 16.1 Å².